The molecule has 1 fully saturated rings. The standard InChI is InChI=1S/C11H18ClN5O/c1-2-9-7(3-4-18-9)5-14-10-8(12)6-15-11(16-10)17-13/h6-7,9H,2-5,13H2,1H3,(H2,14,15,16,17). The van der Waals surface area contributed by atoms with E-state index < -0.39 is 0 Å². The van der Waals surface area contributed by atoms with Crippen molar-refractivity contribution in [2.24, 2.45) is 11.8 Å². The van der Waals surface area contributed by atoms with Crippen LogP contribution in [0.15, 0.2) is 6.20 Å². The first-order chi connectivity index (χ1) is 8.74. The van der Waals surface area contributed by atoms with Gasteiger partial charge in [-0.3, -0.25) is 5.43 Å². The first-order valence-corrected chi connectivity index (χ1v) is 6.47. The second-order valence-electron chi connectivity index (χ2n) is 4.28. The van der Waals surface area contributed by atoms with E-state index in [0.29, 0.717) is 28.8 Å². The van der Waals surface area contributed by atoms with E-state index in [1.807, 2.05) is 0 Å². The molecule has 0 radical (unpaired) electrons. The van der Waals surface area contributed by atoms with Crippen LogP contribution in [-0.4, -0.2) is 29.2 Å². The molecule has 2 unspecified atom stereocenters. The molecule has 1 aromatic rings. The minimum atomic E-state index is 0.324. The lowest BCUT2D eigenvalue weighted by Gasteiger charge is -2.18. The first kappa shape index (κ1) is 13.3. The number of nitrogens with two attached hydrogens (primary N) is 1. The highest BCUT2D eigenvalue weighted by Crippen LogP contribution is 2.25. The average Bonchev–Trinajstić information content (AvgIpc) is 2.85. The fourth-order valence-corrected chi connectivity index (χ4v) is 2.32. The van der Waals surface area contributed by atoms with Crippen LogP contribution in [0.25, 0.3) is 0 Å². The third-order valence-corrected chi connectivity index (χ3v) is 3.43. The predicted molar refractivity (Wildman–Crippen MR) is 71.5 cm³/mol. The van der Waals surface area contributed by atoms with Crippen molar-refractivity contribution in [3.63, 3.8) is 0 Å². The van der Waals surface area contributed by atoms with E-state index in [9.17, 15) is 0 Å². The van der Waals surface area contributed by atoms with E-state index >= 15 is 0 Å². The maximum atomic E-state index is 6.02. The van der Waals surface area contributed by atoms with Crippen LogP contribution in [0, 0.1) is 5.92 Å². The summed E-state index contributed by atoms with van der Waals surface area (Å²) >= 11 is 6.02. The van der Waals surface area contributed by atoms with Crippen molar-refractivity contribution in [1.29, 1.82) is 0 Å². The summed E-state index contributed by atoms with van der Waals surface area (Å²) in [6.07, 6.45) is 3.94. The largest absolute Gasteiger partial charge is 0.378 e. The van der Waals surface area contributed by atoms with Crippen molar-refractivity contribution in [3.8, 4) is 0 Å². The molecule has 0 aromatic carbocycles. The molecular formula is C11H18ClN5O. The van der Waals surface area contributed by atoms with E-state index in [0.717, 1.165) is 26.0 Å². The number of halogens is 1. The molecule has 0 amide bonds. The quantitative estimate of drug-likeness (QED) is 0.558. The molecule has 1 aliphatic rings. The van der Waals surface area contributed by atoms with E-state index in [-0.39, 0.29) is 0 Å². The molecule has 18 heavy (non-hydrogen) atoms. The Balaban J connectivity index is 1.97. The SMILES string of the molecule is CCC1OCCC1CNc1nc(NN)ncc1Cl. The number of hydrazine groups is 1. The van der Waals surface area contributed by atoms with Crippen LogP contribution in [-0.2, 0) is 4.74 Å². The number of anilines is 2. The molecule has 2 atom stereocenters. The second kappa shape index (κ2) is 6.17. The molecule has 0 aliphatic carbocycles. The lowest BCUT2D eigenvalue weighted by Crippen LogP contribution is -2.23. The fraction of sp³-hybridized carbons (Fsp3) is 0.636. The van der Waals surface area contributed by atoms with Gasteiger partial charge in [-0.05, 0) is 12.8 Å². The maximum Gasteiger partial charge on any atom is 0.239 e. The summed E-state index contributed by atoms with van der Waals surface area (Å²) < 4.78 is 5.64. The summed E-state index contributed by atoms with van der Waals surface area (Å²) in [5, 5.41) is 3.72. The summed E-state index contributed by atoms with van der Waals surface area (Å²) in [4.78, 5) is 8.10. The molecule has 2 rings (SSSR count). The number of nitrogens with zero attached hydrogens (tertiary/aromatic N) is 2. The highest BCUT2D eigenvalue weighted by molar-refractivity contribution is 6.32. The van der Waals surface area contributed by atoms with Crippen LogP contribution in [0.3, 0.4) is 0 Å². The minimum Gasteiger partial charge on any atom is -0.378 e. The van der Waals surface area contributed by atoms with Gasteiger partial charge in [-0.15, -0.1) is 0 Å². The third-order valence-electron chi connectivity index (χ3n) is 3.15. The topological polar surface area (TPSA) is 85.1 Å². The second-order valence-corrected chi connectivity index (χ2v) is 4.69. The number of hydrogen-bond acceptors (Lipinski definition) is 6. The van der Waals surface area contributed by atoms with Gasteiger partial charge in [0.15, 0.2) is 5.82 Å². The van der Waals surface area contributed by atoms with Gasteiger partial charge < -0.3 is 10.1 Å². The van der Waals surface area contributed by atoms with Gasteiger partial charge >= 0.3 is 0 Å². The molecule has 6 nitrogen and oxygen atoms in total. The van der Waals surface area contributed by atoms with Crippen molar-refractivity contribution >= 4 is 23.4 Å². The van der Waals surface area contributed by atoms with Crippen molar-refractivity contribution in [3.05, 3.63) is 11.2 Å². The predicted octanol–water partition coefficient (Wildman–Crippen LogP) is 1.64. The highest BCUT2D eigenvalue weighted by Gasteiger charge is 2.26. The minimum absolute atomic E-state index is 0.324. The van der Waals surface area contributed by atoms with Gasteiger partial charge in [-0.25, -0.2) is 10.8 Å². The summed E-state index contributed by atoms with van der Waals surface area (Å²) in [6, 6.07) is 0. The van der Waals surface area contributed by atoms with Crippen LogP contribution in [0.1, 0.15) is 19.8 Å². The maximum absolute atomic E-state index is 6.02. The van der Waals surface area contributed by atoms with Gasteiger partial charge in [0, 0.05) is 19.1 Å². The van der Waals surface area contributed by atoms with Crippen molar-refractivity contribution < 1.29 is 4.74 Å². The van der Waals surface area contributed by atoms with Crippen LogP contribution in [0.5, 0.6) is 0 Å². The number of nitrogens with one attached hydrogen (secondary N) is 2. The summed E-state index contributed by atoms with van der Waals surface area (Å²) in [5.41, 5.74) is 2.40. The Morgan fingerprint density at radius 3 is 3.17 bits per heavy atom. The molecule has 100 valence electrons. The van der Waals surface area contributed by atoms with E-state index in [4.69, 9.17) is 22.2 Å². The van der Waals surface area contributed by atoms with Crippen molar-refractivity contribution in [2.75, 3.05) is 23.9 Å². The van der Waals surface area contributed by atoms with Crippen LogP contribution in [0.2, 0.25) is 5.02 Å². The summed E-state index contributed by atoms with van der Waals surface area (Å²) in [6.45, 7) is 3.76. The number of rotatable bonds is 5. The van der Waals surface area contributed by atoms with E-state index in [1.54, 1.807) is 0 Å². The number of ether oxygens (including phenoxy) is 1. The molecule has 0 bridgehead atoms. The fourth-order valence-electron chi connectivity index (χ4n) is 2.17. The van der Waals surface area contributed by atoms with E-state index in [2.05, 4.69) is 27.6 Å². The van der Waals surface area contributed by atoms with Gasteiger partial charge in [0.25, 0.3) is 0 Å². The van der Waals surface area contributed by atoms with Crippen molar-refractivity contribution in [1.82, 2.24) is 9.97 Å². The monoisotopic (exact) mass is 271 g/mol. The molecule has 1 aliphatic heterocycles. The van der Waals surface area contributed by atoms with Gasteiger partial charge in [0.05, 0.1) is 12.3 Å². The van der Waals surface area contributed by atoms with Crippen molar-refractivity contribution in [2.45, 2.75) is 25.9 Å². The number of aromatic nitrogens is 2. The molecule has 7 heteroatoms. The Hall–Kier alpha value is -1.11. The third kappa shape index (κ3) is 3.01. The smallest absolute Gasteiger partial charge is 0.239 e. The molecule has 2 heterocycles. The Bertz CT molecular complexity index is 403. The van der Waals surface area contributed by atoms with Gasteiger partial charge in [-0.2, -0.15) is 4.98 Å². The lowest BCUT2D eigenvalue weighted by atomic mass is 10.00. The highest BCUT2D eigenvalue weighted by atomic mass is 35.5. The average molecular weight is 272 g/mol. The Morgan fingerprint density at radius 1 is 1.61 bits per heavy atom. The molecule has 0 spiro atoms. The van der Waals surface area contributed by atoms with Gasteiger partial charge in [0.2, 0.25) is 5.95 Å². The molecule has 0 saturated carbocycles. The lowest BCUT2D eigenvalue weighted by molar-refractivity contribution is 0.0900. The number of hydrogen-bond donors (Lipinski definition) is 3. The molecule has 1 aromatic heterocycles. The molecule has 1 saturated heterocycles. The van der Waals surface area contributed by atoms with E-state index in [1.165, 1.54) is 6.20 Å². The first-order valence-electron chi connectivity index (χ1n) is 6.09. The van der Waals surface area contributed by atoms with Crippen LogP contribution >= 0.6 is 11.6 Å². The zero-order valence-electron chi connectivity index (χ0n) is 10.3. The Kier molecular flexibility index (Phi) is 4.57. The summed E-state index contributed by atoms with van der Waals surface area (Å²) in [5.74, 6) is 6.70. The van der Waals surface area contributed by atoms with Gasteiger partial charge in [0.1, 0.15) is 5.02 Å². The summed E-state index contributed by atoms with van der Waals surface area (Å²) in [7, 11) is 0. The molecule has 4 N–H and O–H groups in total. The Morgan fingerprint density at radius 2 is 2.44 bits per heavy atom. The zero-order chi connectivity index (χ0) is 13.0. The van der Waals surface area contributed by atoms with Crippen LogP contribution < -0.4 is 16.6 Å². The Labute approximate surface area is 111 Å². The van der Waals surface area contributed by atoms with Crippen LogP contribution in [0.4, 0.5) is 11.8 Å². The number of nitrogen functional groups attached to an aromatic ring is 1. The zero-order valence-corrected chi connectivity index (χ0v) is 11.1. The van der Waals surface area contributed by atoms with Gasteiger partial charge in [-0.1, -0.05) is 18.5 Å². The normalized spacial score (nSPS) is 23.1. The molecular weight excluding hydrogens is 254 g/mol.